The fourth-order valence-corrected chi connectivity index (χ4v) is 5.33. The molecule has 98 valence electrons. The Bertz CT molecular complexity index is 325. The summed E-state index contributed by atoms with van der Waals surface area (Å²) in [5.74, 6) is 3.18. The zero-order valence-corrected chi connectivity index (χ0v) is 11.3. The van der Waals surface area contributed by atoms with Gasteiger partial charge in [-0.2, -0.15) is 0 Å². The van der Waals surface area contributed by atoms with Crippen molar-refractivity contribution in [3.63, 3.8) is 0 Å². The highest BCUT2D eigenvalue weighted by Crippen LogP contribution is 2.71. The number of aliphatic hydroxyl groups is 2. The van der Waals surface area contributed by atoms with Crippen LogP contribution in [0.25, 0.3) is 0 Å². The molecule has 3 aliphatic rings. The normalized spacial score (nSPS) is 61.6. The lowest BCUT2D eigenvalue weighted by atomic mass is 9.74. The minimum Gasteiger partial charge on any atom is -0.396 e. The number of hydrogen-bond donors (Lipinski definition) is 2. The fraction of sp³-hybridized carbons (Fsp3) is 1.00. The second kappa shape index (κ2) is 3.48. The van der Waals surface area contributed by atoms with Crippen LogP contribution in [-0.4, -0.2) is 22.4 Å². The number of fused-ring (bicyclic) bond motifs is 3. The maximum atomic E-state index is 10.7. The maximum absolute atomic E-state index is 10.7. The van der Waals surface area contributed by atoms with E-state index in [9.17, 15) is 10.2 Å². The molecule has 3 aliphatic carbocycles. The van der Waals surface area contributed by atoms with Gasteiger partial charge < -0.3 is 10.2 Å². The van der Waals surface area contributed by atoms with Crippen LogP contribution in [0.2, 0.25) is 0 Å². The minimum atomic E-state index is -0.459. The molecule has 0 saturated heterocycles. The van der Waals surface area contributed by atoms with E-state index in [-0.39, 0.29) is 5.41 Å². The first-order valence-corrected chi connectivity index (χ1v) is 7.25. The highest BCUT2D eigenvalue weighted by atomic mass is 16.3. The molecule has 0 aliphatic heterocycles. The average molecular weight is 238 g/mol. The lowest BCUT2D eigenvalue weighted by Crippen LogP contribution is -2.38. The predicted octanol–water partition coefficient (Wildman–Crippen LogP) is 2.44. The van der Waals surface area contributed by atoms with Gasteiger partial charge in [0.2, 0.25) is 0 Å². The summed E-state index contributed by atoms with van der Waals surface area (Å²) in [4.78, 5) is 0. The zero-order chi connectivity index (χ0) is 12.4. The third-order valence-electron chi connectivity index (χ3n) is 6.50. The Morgan fingerprint density at radius 1 is 1.12 bits per heavy atom. The van der Waals surface area contributed by atoms with Crippen molar-refractivity contribution in [1.82, 2.24) is 0 Å². The van der Waals surface area contributed by atoms with Gasteiger partial charge in [-0.25, -0.2) is 0 Å². The highest BCUT2D eigenvalue weighted by Gasteiger charge is 2.68. The molecule has 0 unspecified atom stereocenters. The first kappa shape index (κ1) is 12.0. The molecule has 0 radical (unpaired) electrons. The molecule has 0 amide bonds. The SMILES string of the molecule is C[C@@H]1CC[C@H]2[C@@H]1[C@H]1[C@@H](CC[C@@]2(C)O)[C@]1(C)CO. The largest absolute Gasteiger partial charge is 0.396 e. The Labute approximate surface area is 104 Å². The summed E-state index contributed by atoms with van der Waals surface area (Å²) in [5, 5.41) is 20.3. The van der Waals surface area contributed by atoms with E-state index in [4.69, 9.17) is 0 Å². The van der Waals surface area contributed by atoms with Crippen molar-refractivity contribution in [2.24, 2.45) is 35.0 Å². The molecule has 7 atom stereocenters. The minimum absolute atomic E-state index is 0.165. The van der Waals surface area contributed by atoms with Gasteiger partial charge in [0, 0.05) is 6.61 Å². The van der Waals surface area contributed by atoms with Crippen molar-refractivity contribution in [3.05, 3.63) is 0 Å². The Hall–Kier alpha value is -0.0800. The van der Waals surface area contributed by atoms with E-state index >= 15 is 0 Å². The van der Waals surface area contributed by atoms with E-state index in [1.165, 1.54) is 12.8 Å². The van der Waals surface area contributed by atoms with Crippen molar-refractivity contribution >= 4 is 0 Å². The van der Waals surface area contributed by atoms with Crippen molar-refractivity contribution in [3.8, 4) is 0 Å². The van der Waals surface area contributed by atoms with Crippen LogP contribution in [0.15, 0.2) is 0 Å². The van der Waals surface area contributed by atoms with Gasteiger partial charge in [0.15, 0.2) is 0 Å². The van der Waals surface area contributed by atoms with Crippen LogP contribution in [0.5, 0.6) is 0 Å². The van der Waals surface area contributed by atoms with E-state index in [1.54, 1.807) is 0 Å². The molecule has 0 bridgehead atoms. The molecule has 17 heavy (non-hydrogen) atoms. The molecule has 3 rings (SSSR count). The van der Waals surface area contributed by atoms with Crippen LogP contribution >= 0.6 is 0 Å². The van der Waals surface area contributed by atoms with E-state index in [2.05, 4.69) is 13.8 Å². The number of hydrogen-bond acceptors (Lipinski definition) is 2. The van der Waals surface area contributed by atoms with Crippen LogP contribution in [0.4, 0.5) is 0 Å². The van der Waals surface area contributed by atoms with E-state index < -0.39 is 5.60 Å². The second-order valence-corrected chi connectivity index (χ2v) is 7.43. The summed E-state index contributed by atoms with van der Waals surface area (Å²) in [6, 6.07) is 0. The molecule has 0 spiro atoms. The van der Waals surface area contributed by atoms with Gasteiger partial charge in [0.05, 0.1) is 5.60 Å². The predicted molar refractivity (Wildman–Crippen MR) is 67.4 cm³/mol. The van der Waals surface area contributed by atoms with Gasteiger partial charge in [-0.05, 0) is 61.2 Å². The molecule has 3 saturated carbocycles. The third kappa shape index (κ3) is 1.46. The second-order valence-electron chi connectivity index (χ2n) is 7.43. The Morgan fingerprint density at radius 2 is 1.82 bits per heavy atom. The van der Waals surface area contributed by atoms with Crippen molar-refractivity contribution in [2.45, 2.75) is 52.1 Å². The van der Waals surface area contributed by atoms with Gasteiger partial charge in [-0.3, -0.25) is 0 Å². The summed E-state index contributed by atoms with van der Waals surface area (Å²) < 4.78 is 0. The van der Waals surface area contributed by atoms with Gasteiger partial charge in [-0.15, -0.1) is 0 Å². The maximum Gasteiger partial charge on any atom is 0.0650 e. The fourth-order valence-electron chi connectivity index (χ4n) is 5.33. The standard InChI is InChI=1S/C15H26O2/c1-9-4-5-10-12(9)13-11(14(13,2)8-16)6-7-15(10,3)17/h9-13,16-17H,4-8H2,1-3H3/t9-,10+,11-,12-,13-,14+,15-/m1/s1. The first-order chi connectivity index (χ1) is 7.92. The molecule has 0 heterocycles. The molecule has 2 heteroatoms. The summed E-state index contributed by atoms with van der Waals surface area (Å²) in [7, 11) is 0. The first-order valence-electron chi connectivity index (χ1n) is 7.25. The Kier molecular flexibility index (Phi) is 2.45. The monoisotopic (exact) mass is 238 g/mol. The van der Waals surface area contributed by atoms with E-state index in [0.29, 0.717) is 30.3 Å². The summed E-state index contributed by atoms with van der Waals surface area (Å²) in [5.41, 5.74) is -0.294. The smallest absolute Gasteiger partial charge is 0.0650 e. The Morgan fingerprint density at radius 3 is 2.47 bits per heavy atom. The van der Waals surface area contributed by atoms with Crippen LogP contribution < -0.4 is 0 Å². The zero-order valence-electron chi connectivity index (χ0n) is 11.3. The van der Waals surface area contributed by atoms with Crippen LogP contribution in [-0.2, 0) is 0 Å². The van der Waals surface area contributed by atoms with Gasteiger partial charge in [-0.1, -0.05) is 20.3 Å². The molecule has 3 fully saturated rings. The van der Waals surface area contributed by atoms with Crippen molar-refractivity contribution in [1.29, 1.82) is 0 Å². The van der Waals surface area contributed by atoms with Crippen LogP contribution in [0.1, 0.15) is 46.5 Å². The quantitative estimate of drug-likeness (QED) is 0.736. The van der Waals surface area contributed by atoms with Crippen LogP contribution in [0.3, 0.4) is 0 Å². The van der Waals surface area contributed by atoms with Gasteiger partial charge in [0.1, 0.15) is 0 Å². The van der Waals surface area contributed by atoms with Crippen molar-refractivity contribution in [2.75, 3.05) is 6.61 Å². The topological polar surface area (TPSA) is 40.5 Å². The Balaban J connectivity index is 1.93. The summed E-state index contributed by atoms with van der Waals surface area (Å²) >= 11 is 0. The van der Waals surface area contributed by atoms with Gasteiger partial charge >= 0.3 is 0 Å². The van der Waals surface area contributed by atoms with Crippen molar-refractivity contribution < 1.29 is 10.2 Å². The summed E-state index contributed by atoms with van der Waals surface area (Å²) in [6.45, 7) is 6.98. The van der Waals surface area contributed by atoms with Gasteiger partial charge in [0.25, 0.3) is 0 Å². The molecular weight excluding hydrogens is 212 g/mol. The molecule has 2 nitrogen and oxygen atoms in total. The lowest BCUT2D eigenvalue weighted by Gasteiger charge is -2.35. The molecule has 0 aromatic heterocycles. The average Bonchev–Trinajstić information content (AvgIpc) is 2.70. The summed E-state index contributed by atoms with van der Waals surface area (Å²) in [6.07, 6.45) is 4.48. The highest BCUT2D eigenvalue weighted by molar-refractivity contribution is 5.16. The van der Waals surface area contributed by atoms with E-state index in [1.807, 2.05) is 6.92 Å². The number of rotatable bonds is 1. The van der Waals surface area contributed by atoms with E-state index in [0.717, 1.165) is 18.8 Å². The molecule has 0 aromatic rings. The third-order valence-corrected chi connectivity index (χ3v) is 6.50. The molecule has 0 aromatic carbocycles. The number of aliphatic hydroxyl groups excluding tert-OH is 1. The van der Waals surface area contributed by atoms with Crippen LogP contribution in [0, 0.1) is 35.0 Å². The molecule has 2 N–H and O–H groups in total. The molecular formula is C15H26O2. The lowest BCUT2D eigenvalue weighted by molar-refractivity contribution is -0.0327.